The number of benzene rings is 2. The summed E-state index contributed by atoms with van der Waals surface area (Å²) in [7, 11) is 4.56. The van der Waals surface area contributed by atoms with E-state index in [9.17, 15) is 22.8 Å². The molecule has 0 bridgehead atoms. The molecule has 0 aliphatic carbocycles. The van der Waals surface area contributed by atoms with E-state index in [0.29, 0.717) is 47.2 Å². The normalized spacial score (nSPS) is 15.3. The van der Waals surface area contributed by atoms with Crippen LogP contribution in [-0.2, 0) is 11.0 Å². The summed E-state index contributed by atoms with van der Waals surface area (Å²) in [6.07, 6.45) is -4.42. The molecule has 1 aliphatic rings. The highest BCUT2D eigenvalue weighted by molar-refractivity contribution is 7.99. The van der Waals surface area contributed by atoms with Gasteiger partial charge in [-0.25, -0.2) is 9.99 Å². The Hall–Kier alpha value is -4.00. The van der Waals surface area contributed by atoms with Crippen LogP contribution in [0.3, 0.4) is 0 Å². The van der Waals surface area contributed by atoms with Gasteiger partial charge < -0.3 is 19.2 Å². The number of aromatic nitrogens is 2. The van der Waals surface area contributed by atoms with E-state index in [1.54, 1.807) is 37.4 Å². The number of alkyl halides is 3. The number of thioether (sulfide) groups is 1. The van der Waals surface area contributed by atoms with Crippen molar-refractivity contribution in [3.63, 3.8) is 0 Å². The van der Waals surface area contributed by atoms with Crippen LogP contribution in [0.15, 0.2) is 63.6 Å². The molecule has 2 aromatic carbocycles. The van der Waals surface area contributed by atoms with Gasteiger partial charge >= 0.3 is 6.18 Å². The van der Waals surface area contributed by atoms with Crippen LogP contribution in [-0.4, -0.2) is 53.7 Å². The monoisotopic (exact) mass is 548 g/mol. The fourth-order valence-corrected chi connectivity index (χ4v) is 4.59. The second-order valence-electron chi connectivity index (χ2n) is 8.07. The van der Waals surface area contributed by atoms with E-state index in [4.69, 9.17) is 14.2 Å². The number of rotatable bonds is 8. The van der Waals surface area contributed by atoms with E-state index in [0.717, 1.165) is 11.1 Å². The number of amides is 1. The molecule has 13 heteroatoms. The minimum Gasteiger partial charge on any atom is -0.497 e. The number of nitrogens with zero attached hydrogens (tertiary/aromatic N) is 3. The summed E-state index contributed by atoms with van der Waals surface area (Å²) >= 11 is 0.684. The van der Waals surface area contributed by atoms with Crippen LogP contribution in [0.5, 0.6) is 17.2 Å². The topological polar surface area (TPSA) is 106 Å². The number of hydrazone groups is 1. The quantitative estimate of drug-likeness (QED) is 0.331. The first-order chi connectivity index (χ1) is 18.1. The van der Waals surface area contributed by atoms with E-state index in [1.165, 1.54) is 19.2 Å². The zero-order valence-corrected chi connectivity index (χ0v) is 21.4. The minimum absolute atomic E-state index is 0.312. The lowest BCUT2D eigenvalue weighted by atomic mass is 9.98. The number of nitrogens with one attached hydrogen (secondary N) is 1. The third-order valence-corrected chi connectivity index (χ3v) is 6.58. The Morgan fingerprint density at radius 3 is 2.39 bits per heavy atom. The first-order valence-electron chi connectivity index (χ1n) is 11.2. The first kappa shape index (κ1) is 27.0. The molecule has 3 aromatic rings. The molecule has 200 valence electrons. The zero-order valence-electron chi connectivity index (χ0n) is 20.5. The highest BCUT2D eigenvalue weighted by Crippen LogP contribution is 2.38. The van der Waals surface area contributed by atoms with Crippen molar-refractivity contribution in [3.8, 4) is 17.2 Å². The first-order valence-corrected chi connectivity index (χ1v) is 12.2. The molecule has 38 heavy (non-hydrogen) atoms. The van der Waals surface area contributed by atoms with Crippen molar-refractivity contribution >= 4 is 23.4 Å². The summed E-state index contributed by atoms with van der Waals surface area (Å²) < 4.78 is 55.1. The van der Waals surface area contributed by atoms with Crippen LogP contribution in [0, 0.1) is 0 Å². The predicted molar refractivity (Wildman–Crippen MR) is 134 cm³/mol. The number of H-pyrrole nitrogens is 1. The number of methoxy groups -OCH3 is 3. The summed E-state index contributed by atoms with van der Waals surface area (Å²) in [5.41, 5.74) is -0.162. The summed E-state index contributed by atoms with van der Waals surface area (Å²) in [6, 6.07) is 12.3. The number of ether oxygens (including phenoxy) is 3. The van der Waals surface area contributed by atoms with Crippen LogP contribution in [0.25, 0.3) is 0 Å². The summed E-state index contributed by atoms with van der Waals surface area (Å²) in [4.78, 5) is 30.7. The molecule has 1 atom stereocenters. The molecule has 1 N–H and O–H groups in total. The number of hydrogen-bond acceptors (Lipinski definition) is 8. The van der Waals surface area contributed by atoms with Gasteiger partial charge in [0.15, 0.2) is 22.3 Å². The maximum Gasteiger partial charge on any atom is 0.433 e. The number of hydrogen-bond donors (Lipinski definition) is 1. The van der Waals surface area contributed by atoms with Crippen molar-refractivity contribution in [1.29, 1.82) is 0 Å². The zero-order chi connectivity index (χ0) is 27.4. The van der Waals surface area contributed by atoms with Crippen molar-refractivity contribution in [1.82, 2.24) is 15.0 Å². The van der Waals surface area contributed by atoms with Gasteiger partial charge in [-0.05, 0) is 47.5 Å². The average Bonchev–Trinajstić information content (AvgIpc) is 3.36. The van der Waals surface area contributed by atoms with Crippen LogP contribution in [0.1, 0.15) is 29.3 Å². The predicted octanol–water partition coefficient (Wildman–Crippen LogP) is 4.28. The highest BCUT2D eigenvalue weighted by Gasteiger charge is 2.35. The molecule has 1 amide bonds. The fourth-order valence-electron chi connectivity index (χ4n) is 3.86. The smallest absolute Gasteiger partial charge is 0.433 e. The Labute approximate surface area is 219 Å². The molecule has 2 heterocycles. The van der Waals surface area contributed by atoms with Crippen molar-refractivity contribution in [3.05, 3.63) is 75.7 Å². The molecule has 9 nitrogen and oxygen atoms in total. The Bertz CT molecular complexity index is 1410. The van der Waals surface area contributed by atoms with Gasteiger partial charge in [0.25, 0.3) is 11.5 Å². The molecule has 0 saturated carbocycles. The van der Waals surface area contributed by atoms with E-state index in [-0.39, 0.29) is 10.9 Å². The van der Waals surface area contributed by atoms with E-state index in [1.807, 2.05) is 12.1 Å². The lowest BCUT2D eigenvalue weighted by Crippen LogP contribution is -2.29. The van der Waals surface area contributed by atoms with Crippen molar-refractivity contribution in [2.24, 2.45) is 5.10 Å². The summed E-state index contributed by atoms with van der Waals surface area (Å²) in [5.74, 6) is 0.844. The van der Waals surface area contributed by atoms with E-state index < -0.39 is 29.4 Å². The van der Waals surface area contributed by atoms with E-state index >= 15 is 0 Å². The van der Waals surface area contributed by atoms with Crippen molar-refractivity contribution < 1.29 is 32.2 Å². The maximum atomic E-state index is 13.3. The molecule has 1 aliphatic heterocycles. The minimum atomic E-state index is -4.79. The third-order valence-electron chi connectivity index (χ3n) is 5.72. The molecular formula is C25H23F3N4O5S. The van der Waals surface area contributed by atoms with Gasteiger partial charge in [-0.3, -0.25) is 9.59 Å². The number of carbonyl (C=O) groups is 1. The molecule has 4 rings (SSSR count). The maximum absolute atomic E-state index is 13.3. The highest BCUT2D eigenvalue weighted by atomic mass is 32.2. The van der Waals surface area contributed by atoms with Gasteiger partial charge in [-0.2, -0.15) is 18.3 Å². The van der Waals surface area contributed by atoms with Crippen LogP contribution >= 0.6 is 11.8 Å². The van der Waals surface area contributed by atoms with Gasteiger partial charge in [0.1, 0.15) is 5.75 Å². The lowest BCUT2D eigenvalue weighted by molar-refractivity contribution is -0.141. The van der Waals surface area contributed by atoms with Gasteiger partial charge in [0, 0.05) is 12.5 Å². The molecule has 0 spiro atoms. The Morgan fingerprint density at radius 1 is 1.05 bits per heavy atom. The molecular weight excluding hydrogens is 525 g/mol. The van der Waals surface area contributed by atoms with Crippen LogP contribution in [0.4, 0.5) is 13.2 Å². The molecule has 0 fully saturated rings. The number of carbonyl (C=O) groups excluding carboxylic acids is 1. The van der Waals surface area contributed by atoms with Gasteiger partial charge in [-0.15, -0.1) is 0 Å². The number of aromatic amines is 1. The van der Waals surface area contributed by atoms with Gasteiger partial charge in [0.05, 0.1) is 38.8 Å². The van der Waals surface area contributed by atoms with Gasteiger partial charge in [-0.1, -0.05) is 17.8 Å². The molecule has 1 aromatic heterocycles. The average molecular weight is 549 g/mol. The number of halogens is 3. The van der Waals surface area contributed by atoms with Gasteiger partial charge in [0.2, 0.25) is 0 Å². The van der Waals surface area contributed by atoms with E-state index in [2.05, 4.69) is 15.1 Å². The largest absolute Gasteiger partial charge is 0.497 e. The van der Waals surface area contributed by atoms with Crippen LogP contribution < -0.4 is 19.8 Å². The Morgan fingerprint density at radius 2 is 1.76 bits per heavy atom. The van der Waals surface area contributed by atoms with Crippen LogP contribution in [0.2, 0.25) is 0 Å². The SMILES string of the molecule is COc1ccc(C2=NN(C(=O)CSc3nc(C(F)(F)F)cc(=O)[nH]3)[C@@H](c3ccc(OC)c(OC)c3)C2)cc1. The summed E-state index contributed by atoms with van der Waals surface area (Å²) in [5, 5.41) is 5.53. The second-order valence-corrected chi connectivity index (χ2v) is 9.03. The fraction of sp³-hybridized carbons (Fsp3) is 0.280. The summed E-state index contributed by atoms with van der Waals surface area (Å²) in [6.45, 7) is 0. The standard InChI is InChI=1S/C25H23F3N4O5S/c1-35-16-7-4-14(5-8-16)17-11-18(15-6-9-19(36-2)20(10-15)37-3)32(31-17)23(34)13-38-24-29-21(25(26,27)28)12-22(33)30-24/h4-10,12,18H,11,13H2,1-3H3,(H,29,30,33)/t18-/m1/s1. The Kier molecular flexibility index (Phi) is 7.95. The molecule has 0 unspecified atom stereocenters. The van der Waals surface area contributed by atoms with Crippen molar-refractivity contribution in [2.45, 2.75) is 23.8 Å². The molecule has 0 radical (unpaired) electrons. The lowest BCUT2D eigenvalue weighted by Gasteiger charge is -2.22. The van der Waals surface area contributed by atoms with Crippen molar-refractivity contribution in [2.75, 3.05) is 27.1 Å². The Balaban J connectivity index is 1.63. The second kappa shape index (κ2) is 11.2. The molecule has 0 saturated heterocycles. The third kappa shape index (κ3) is 5.93.